The zero-order chi connectivity index (χ0) is 9.68. The molecule has 1 aromatic rings. The largest absolute Gasteiger partial charge is 0.374 e. The highest BCUT2D eigenvalue weighted by molar-refractivity contribution is 7.98. The van der Waals surface area contributed by atoms with Gasteiger partial charge in [0.05, 0.1) is 0 Å². The minimum atomic E-state index is 0.569. The lowest BCUT2D eigenvalue weighted by Crippen LogP contribution is -1.95. The molecule has 3 nitrogen and oxygen atoms in total. The highest BCUT2D eigenvalue weighted by Gasteiger charge is 2.03. The molecule has 0 spiro atoms. The fourth-order valence-electron chi connectivity index (χ4n) is 0.790. The fourth-order valence-corrected chi connectivity index (χ4v) is 2.67. The Kier molecular flexibility index (Phi) is 4.52. The molecule has 0 aliphatic heterocycles. The van der Waals surface area contributed by atoms with E-state index in [9.17, 15) is 0 Å². The van der Waals surface area contributed by atoms with Crippen LogP contribution in [0.1, 0.15) is 25.3 Å². The Labute approximate surface area is 87.1 Å². The van der Waals surface area contributed by atoms with E-state index in [0.29, 0.717) is 5.13 Å². The van der Waals surface area contributed by atoms with E-state index in [1.807, 2.05) is 11.8 Å². The molecule has 1 aromatic heterocycles. The molecule has 0 bridgehead atoms. The van der Waals surface area contributed by atoms with E-state index in [4.69, 9.17) is 5.73 Å². The number of hydrogen-bond donors (Lipinski definition) is 1. The normalized spacial score (nSPS) is 13.1. The maximum absolute atomic E-state index is 5.47. The minimum Gasteiger partial charge on any atom is -0.374 e. The first-order chi connectivity index (χ1) is 6.22. The number of rotatable bonds is 5. The molecule has 1 unspecified atom stereocenters. The van der Waals surface area contributed by atoms with Crippen molar-refractivity contribution in [1.82, 2.24) is 10.2 Å². The van der Waals surface area contributed by atoms with Gasteiger partial charge in [-0.15, -0.1) is 10.2 Å². The maximum Gasteiger partial charge on any atom is 0.203 e. The molecule has 0 fully saturated rings. The van der Waals surface area contributed by atoms with Crippen LogP contribution < -0.4 is 5.73 Å². The molecule has 1 atom stereocenters. The monoisotopic (exact) mass is 217 g/mol. The highest BCUT2D eigenvalue weighted by Crippen LogP contribution is 2.20. The molecule has 1 rings (SSSR count). The molecular weight excluding hydrogens is 202 g/mol. The lowest BCUT2D eigenvalue weighted by Gasteiger charge is -2.05. The van der Waals surface area contributed by atoms with Crippen molar-refractivity contribution in [2.24, 2.45) is 5.92 Å². The number of hydrogen-bond acceptors (Lipinski definition) is 5. The highest BCUT2D eigenvalue weighted by atomic mass is 32.2. The third-order valence-electron chi connectivity index (χ3n) is 1.81. The molecule has 0 aromatic carbocycles. The van der Waals surface area contributed by atoms with Crippen molar-refractivity contribution in [1.29, 1.82) is 0 Å². The lowest BCUT2D eigenvalue weighted by molar-refractivity contribution is 0.637. The van der Waals surface area contributed by atoms with Crippen molar-refractivity contribution in [2.45, 2.75) is 26.0 Å². The zero-order valence-corrected chi connectivity index (χ0v) is 9.62. The number of nitrogens with zero attached hydrogens (tertiary/aromatic N) is 2. The van der Waals surface area contributed by atoms with Crippen molar-refractivity contribution in [3.8, 4) is 0 Å². The summed E-state index contributed by atoms with van der Waals surface area (Å²) in [7, 11) is 0. The second kappa shape index (κ2) is 5.44. The van der Waals surface area contributed by atoms with Crippen molar-refractivity contribution < 1.29 is 0 Å². The topological polar surface area (TPSA) is 51.8 Å². The van der Waals surface area contributed by atoms with Crippen LogP contribution in [0, 0.1) is 5.92 Å². The van der Waals surface area contributed by atoms with Crippen molar-refractivity contribution in [2.75, 3.05) is 11.5 Å². The molecular formula is C8H15N3S2. The number of nitrogen functional groups attached to an aromatic ring is 1. The van der Waals surface area contributed by atoms with Gasteiger partial charge in [0.1, 0.15) is 5.01 Å². The Morgan fingerprint density at radius 1 is 1.54 bits per heavy atom. The maximum atomic E-state index is 5.47. The van der Waals surface area contributed by atoms with Gasteiger partial charge in [0.2, 0.25) is 5.13 Å². The van der Waals surface area contributed by atoms with E-state index in [1.54, 1.807) is 0 Å². The quantitative estimate of drug-likeness (QED) is 0.823. The second-order valence-corrected chi connectivity index (χ2v) is 5.19. The zero-order valence-electron chi connectivity index (χ0n) is 7.99. The van der Waals surface area contributed by atoms with Crippen LogP contribution in [0.15, 0.2) is 0 Å². The van der Waals surface area contributed by atoms with Crippen LogP contribution in [0.2, 0.25) is 0 Å². The first-order valence-electron chi connectivity index (χ1n) is 4.38. The van der Waals surface area contributed by atoms with Crippen molar-refractivity contribution in [3.05, 3.63) is 5.01 Å². The Hall–Kier alpha value is -0.290. The van der Waals surface area contributed by atoms with E-state index >= 15 is 0 Å². The molecule has 0 radical (unpaired) electrons. The predicted octanol–water partition coefficient (Wildman–Crippen LogP) is 2.40. The smallest absolute Gasteiger partial charge is 0.203 e. The predicted molar refractivity (Wildman–Crippen MR) is 59.9 cm³/mol. The van der Waals surface area contributed by atoms with E-state index in [1.165, 1.54) is 23.5 Å². The van der Waals surface area contributed by atoms with Crippen LogP contribution in [0.25, 0.3) is 0 Å². The van der Waals surface area contributed by atoms with Crippen LogP contribution in [0.5, 0.6) is 0 Å². The minimum absolute atomic E-state index is 0.569. The van der Waals surface area contributed by atoms with Gasteiger partial charge in [-0.2, -0.15) is 11.8 Å². The van der Waals surface area contributed by atoms with Gasteiger partial charge in [-0.25, -0.2) is 0 Å². The van der Waals surface area contributed by atoms with E-state index < -0.39 is 0 Å². The molecule has 2 N–H and O–H groups in total. The van der Waals surface area contributed by atoms with Crippen LogP contribution in [0.3, 0.4) is 0 Å². The van der Waals surface area contributed by atoms with E-state index in [2.05, 4.69) is 24.0 Å². The standard InChI is InChI=1S/C8H15N3S2/c1-3-6(2)4-12-5-7-10-11-8(9)13-7/h6H,3-5H2,1-2H3,(H2,9,11). The number of nitrogens with two attached hydrogens (primary N) is 1. The summed E-state index contributed by atoms with van der Waals surface area (Å²) in [5.41, 5.74) is 5.47. The van der Waals surface area contributed by atoms with Crippen molar-refractivity contribution in [3.63, 3.8) is 0 Å². The summed E-state index contributed by atoms with van der Waals surface area (Å²) in [5, 5.41) is 9.33. The Morgan fingerprint density at radius 2 is 2.31 bits per heavy atom. The Morgan fingerprint density at radius 3 is 2.85 bits per heavy atom. The summed E-state index contributed by atoms with van der Waals surface area (Å²) in [5.74, 6) is 2.92. The number of aromatic nitrogens is 2. The lowest BCUT2D eigenvalue weighted by atomic mass is 10.2. The molecule has 1 heterocycles. The summed E-state index contributed by atoms with van der Waals surface area (Å²) >= 11 is 3.39. The van der Waals surface area contributed by atoms with Gasteiger partial charge in [-0.05, 0) is 11.7 Å². The van der Waals surface area contributed by atoms with Gasteiger partial charge >= 0.3 is 0 Å². The number of thioether (sulfide) groups is 1. The Balaban J connectivity index is 2.20. The van der Waals surface area contributed by atoms with Gasteiger partial charge in [0, 0.05) is 5.75 Å². The van der Waals surface area contributed by atoms with Gasteiger partial charge in [-0.3, -0.25) is 0 Å². The molecule has 0 saturated carbocycles. The first-order valence-corrected chi connectivity index (χ1v) is 6.35. The molecule has 0 saturated heterocycles. The number of anilines is 1. The van der Waals surface area contributed by atoms with Crippen molar-refractivity contribution >= 4 is 28.2 Å². The third-order valence-corrected chi connectivity index (χ3v) is 4.02. The molecule has 0 aliphatic rings. The summed E-state index contributed by atoms with van der Waals surface area (Å²) in [6, 6.07) is 0. The van der Waals surface area contributed by atoms with Gasteiger partial charge in [-0.1, -0.05) is 31.6 Å². The first kappa shape index (κ1) is 10.8. The SMILES string of the molecule is CCC(C)CSCc1nnc(N)s1. The molecule has 0 amide bonds. The second-order valence-electron chi connectivity index (χ2n) is 3.06. The van der Waals surface area contributed by atoms with Gasteiger partial charge in [0.15, 0.2) is 0 Å². The van der Waals surface area contributed by atoms with Crippen LogP contribution >= 0.6 is 23.1 Å². The van der Waals surface area contributed by atoms with Crippen LogP contribution in [-0.4, -0.2) is 16.0 Å². The molecule has 0 aliphatic carbocycles. The summed E-state index contributed by atoms with van der Waals surface area (Å²) in [6.07, 6.45) is 1.24. The summed E-state index contributed by atoms with van der Waals surface area (Å²) in [6.45, 7) is 4.48. The molecule has 74 valence electrons. The third kappa shape index (κ3) is 3.95. The van der Waals surface area contributed by atoms with E-state index in [0.717, 1.165) is 16.7 Å². The van der Waals surface area contributed by atoms with E-state index in [-0.39, 0.29) is 0 Å². The fraction of sp³-hybridized carbons (Fsp3) is 0.750. The summed E-state index contributed by atoms with van der Waals surface area (Å²) in [4.78, 5) is 0. The molecule has 13 heavy (non-hydrogen) atoms. The van der Waals surface area contributed by atoms with Gasteiger partial charge in [0.25, 0.3) is 0 Å². The van der Waals surface area contributed by atoms with Crippen LogP contribution in [-0.2, 0) is 5.75 Å². The Bertz CT molecular complexity index is 249. The summed E-state index contributed by atoms with van der Waals surface area (Å²) < 4.78 is 0. The average molecular weight is 217 g/mol. The van der Waals surface area contributed by atoms with Gasteiger partial charge < -0.3 is 5.73 Å². The molecule has 5 heteroatoms. The average Bonchev–Trinajstić information content (AvgIpc) is 2.51. The van der Waals surface area contributed by atoms with Crippen LogP contribution in [0.4, 0.5) is 5.13 Å².